The number of ether oxygens (including phenoxy) is 6. The van der Waals surface area contributed by atoms with Gasteiger partial charge in [0.05, 0.1) is 37.8 Å². The summed E-state index contributed by atoms with van der Waals surface area (Å²) >= 11 is 0. The van der Waals surface area contributed by atoms with Gasteiger partial charge in [0, 0.05) is 46.6 Å². The van der Waals surface area contributed by atoms with Gasteiger partial charge in [0.2, 0.25) is 41.4 Å². The highest BCUT2D eigenvalue weighted by Crippen LogP contribution is 2.33. The number of hydrogen-bond donors (Lipinski definition) is 7. The minimum Gasteiger partial charge on any atom is -0.480 e. The molecule has 3 aliphatic rings. The van der Waals surface area contributed by atoms with Gasteiger partial charge in [-0.3, -0.25) is 43.4 Å². The van der Waals surface area contributed by atoms with E-state index in [1.807, 2.05) is 66.8 Å². The summed E-state index contributed by atoms with van der Waals surface area (Å²) in [7, 11) is 2.78. The van der Waals surface area contributed by atoms with E-state index < -0.39 is 184 Å². The number of carbonyl (C=O) groups excluding carboxylic acids is 11. The average Bonchev–Trinajstić information content (AvgIpc) is 1.60. The van der Waals surface area contributed by atoms with Gasteiger partial charge in [-0.05, 0) is 174 Å². The summed E-state index contributed by atoms with van der Waals surface area (Å²) in [4.78, 5) is 178. The minimum absolute atomic E-state index is 0.0121. The zero-order valence-corrected chi connectivity index (χ0v) is 75.9. The van der Waals surface area contributed by atoms with Gasteiger partial charge < -0.3 is 75.6 Å². The summed E-state index contributed by atoms with van der Waals surface area (Å²) in [6.07, 6.45) is 11.7. The van der Waals surface area contributed by atoms with Crippen molar-refractivity contribution in [2.45, 2.75) is 292 Å². The number of hydrogen-bond acceptors (Lipinski definition) is 23. The third kappa shape index (κ3) is 29.2. The molecule has 680 valence electrons. The molecule has 0 saturated carbocycles. The number of benzene rings is 2. The molecule has 2 aromatic heterocycles. The molecular weight excluding hydrogens is 1600 g/mol. The molecule has 4 aromatic rings. The van der Waals surface area contributed by atoms with Gasteiger partial charge in [0.15, 0.2) is 12.1 Å². The van der Waals surface area contributed by atoms with Crippen LogP contribution in [0.15, 0.2) is 115 Å². The number of nitrogens with two attached hydrogens (primary N) is 1. The predicted molar refractivity (Wildman–Crippen MR) is 461 cm³/mol. The quantitative estimate of drug-likeness (QED) is 0.0175. The second-order valence-corrected chi connectivity index (χ2v) is 37.8. The van der Waals surface area contributed by atoms with Crippen LogP contribution in [0.1, 0.15) is 206 Å². The molecule has 9 amide bonds. The number of carboxylic acid groups (broad SMARTS) is 1. The molecule has 2 aromatic carbocycles. The molecule has 0 unspecified atom stereocenters. The lowest BCUT2D eigenvalue weighted by molar-refractivity contribution is -0.160. The minimum atomic E-state index is -1.53. The molecule has 124 heavy (non-hydrogen) atoms. The highest BCUT2D eigenvalue weighted by Gasteiger charge is 2.51. The second-order valence-electron chi connectivity index (χ2n) is 37.8. The summed E-state index contributed by atoms with van der Waals surface area (Å²) in [5.41, 5.74) is 2.36. The van der Waals surface area contributed by atoms with Gasteiger partial charge in [0.1, 0.15) is 82.1 Å². The number of amides is 9. The molecule has 4 heterocycles. The highest BCUT2D eigenvalue weighted by molar-refractivity contribution is 5.98. The van der Waals surface area contributed by atoms with Crippen molar-refractivity contribution in [1.82, 2.24) is 76.2 Å². The molecule has 7 rings (SSSR count). The number of nitrogens with zero attached hydrogens (tertiary/aromatic N) is 10. The Morgan fingerprint density at radius 1 is 0.556 bits per heavy atom. The van der Waals surface area contributed by atoms with Crippen molar-refractivity contribution in [2.24, 2.45) is 16.6 Å². The maximum atomic E-state index is 15.7. The topological polar surface area (TPSA) is 441 Å². The van der Waals surface area contributed by atoms with Gasteiger partial charge in [0.25, 0.3) is 0 Å². The van der Waals surface area contributed by atoms with Crippen molar-refractivity contribution in [3.05, 3.63) is 132 Å². The van der Waals surface area contributed by atoms with E-state index in [1.54, 1.807) is 143 Å². The zero-order chi connectivity index (χ0) is 92.5. The summed E-state index contributed by atoms with van der Waals surface area (Å²) in [5.74, 6) is -8.03. The maximum Gasteiger partial charge on any atom is 0.410 e. The monoisotopic (exact) mass is 1730 g/mol. The second kappa shape index (κ2) is 42.5. The summed E-state index contributed by atoms with van der Waals surface area (Å²) in [5, 5.41) is 43.9. The van der Waals surface area contributed by atoms with Crippen LogP contribution in [0, 0.1) is 10.8 Å². The van der Waals surface area contributed by atoms with Crippen molar-refractivity contribution in [3.8, 4) is 0 Å². The van der Waals surface area contributed by atoms with E-state index in [-0.39, 0.29) is 82.7 Å². The Bertz CT molecular complexity index is 4620. The van der Waals surface area contributed by atoms with Crippen LogP contribution in [0.5, 0.6) is 0 Å². The average molecular weight is 1730 g/mol. The summed E-state index contributed by atoms with van der Waals surface area (Å²) < 4.78 is 38.3. The van der Waals surface area contributed by atoms with Crippen LogP contribution >= 0.6 is 0 Å². The molecule has 0 spiro atoms. The third-order valence-electron chi connectivity index (χ3n) is 20.6. The molecule has 2 aliphatic heterocycles. The molecule has 12 atom stereocenters. The SMILES string of the molecule is C=C1/C=C\C=C/C/C=C(C[C@H](NC(=O)[C@@H]2[C@@H](OCc3cn([C@@H](CCNC(=O)[C@H](Cc4ccc5ccccc5c4)NC(=O)[C@@H]4[C@@H](OCc5cn([C@@H](CCN)C(=O)OC(C)(C)C)nn5)CCN4C(=O)[C@@H](NC(=O)[C@H](C)N(C)C(=O)OC(C)(C)C)C(C)(C)C)C(=O)OC(C)(C)C)nn3)CCN2C(=O)[C@@H](NC(=O)[C@H](C)N(C)C(=O)OC(C)(C)C)C(C)(C)C)C(=O)O)\C=C/1. The number of carboxylic acids is 1. The number of allylic oxidation sites excluding steroid dienone is 8. The molecule has 0 bridgehead atoms. The maximum absolute atomic E-state index is 15.7. The van der Waals surface area contributed by atoms with Gasteiger partial charge in [-0.25, -0.2) is 33.3 Å². The van der Waals surface area contributed by atoms with Crippen LogP contribution in [-0.4, -0.2) is 249 Å². The fourth-order valence-electron chi connectivity index (χ4n) is 13.8. The Labute approximate surface area is 726 Å². The first-order valence-corrected chi connectivity index (χ1v) is 42.0. The Morgan fingerprint density at radius 2 is 1.01 bits per heavy atom. The highest BCUT2D eigenvalue weighted by atomic mass is 16.6. The van der Waals surface area contributed by atoms with Crippen LogP contribution in [-0.2, 0) is 96.0 Å². The fourth-order valence-corrected chi connectivity index (χ4v) is 13.8. The largest absolute Gasteiger partial charge is 0.480 e. The number of likely N-dealkylation sites (N-methyl/N-ethyl adjacent to an activating group) is 2. The Kier molecular flexibility index (Phi) is 34.2. The number of nitrogens with one attached hydrogen (secondary N) is 5. The van der Waals surface area contributed by atoms with Gasteiger partial charge in [-0.15, -0.1) is 10.2 Å². The fraction of sp³-hybridized carbons (Fsp3) is 0.596. The Morgan fingerprint density at radius 3 is 1.45 bits per heavy atom. The smallest absolute Gasteiger partial charge is 0.410 e. The van der Waals surface area contributed by atoms with E-state index in [9.17, 15) is 38.7 Å². The van der Waals surface area contributed by atoms with Crippen LogP contribution in [0.2, 0.25) is 0 Å². The Balaban J connectivity index is 1.20. The number of likely N-dealkylation sites (tertiary alicyclic amines) is 2. The molecule has 2 saturated heterocycles. The van der Waals surface area contributed by atoms with Crippen molar-refractivity contribution in [3.63, 3.8) is 0 Å². The first kappa shape index (κ1) is 99.9. The summed E-state index contributed by atoms with van der Waals surface area (Å²) in [6, 6.07) is -0.0897. The standard InChI is InChI=1S/C89H130N16O19/c1-53-30-26-24-25-27-31-56(35-34-53)47-63(79(113)114)93-76(110)69-67(41-45-103(69)78(112)71(85(7,8)9)95-73(107)55(3)101(23)83(118)124-89(19,20)21)120-52-61-50-105(99-97-61)65(81(116)122-87(13,14)15)39-43-91-74(108)62(48-57-36-37-58-32-28-29-33-59(58)46-57)92-75(109)68-66(119-51-60-49-104(98-96-60)64(38-42-90)80(115)121-86(10,11)12)40-44-102(68)77(111)70(84(4,5)6)94-72(106)54(2)100(22)82(117)123-88(16,17)18/h24-26,28-37,46,49-50,54-55,62-71H,1,27,38-45,47-48,51-52,90H2,2-23H3,(H,91,108)(H,92,109)(H,93,110)(H,94,106)(H,95,107)(H,113,114)/b25-24-,30-26-,35-34-,56-31+/t54-,55-,62-,63-,64-,65-,66-,67-,68-,69-,70+,71+/m0/s1. The Hall–Kier alpha value is -11.2. The van der Waals surface area contributed by atoms with E-state index in [2.05, 4.69) is 53.8 Å². The normalized spacial score (nSPS) is 19.7. The van der Waals surface area contributed by atoms with Crippen LogP contribution in [0.4, 0.5) is 9.59 Å². The predicted octanol–water partition coefficient (Wildman–Crippen LogP) is 8.13. The lowest BCUT2D eigenvalue weighted by Gasteiger charge is -2.37. The number of aliphatic carboxylic acids is 1. The first-order chi connectivity index (χ1) is 57.6. The van der Waals surface area contributed by atoms with E-state index in [1.165, 1.54) is 59.5 Å². The van der Waals surface area contributed by atoms with E-state index in [0.717, 1.165) is 20.6 Å². The number of rotatable bonds is 33. The number of esters is 2. The van der Waals surface area contributed by atoms with E-state index in [0.29, 0.717) is 23.1 Å². The first-order valence-electron chi connectivity index (χ1n) is 42.0. The third-order valence-corrected chi connectivity index (χ3v) is 20.6. The van der Waals surface area contributed by atoms with E-state index >= 15 is 24.0 Å². The van der Waals surface area contributed by atoms with Crippen molar-refractivity contribution in [2.75, 3.05) is 40.3 Å². The molecular formula is C89H130N16O19. The van der Waals surface area contributed by atoms with Crippen LogP contribution in [0.3, 0.4) is 0 Å². The lowest BCUT2D eigenvalue weighted by atomic mass is 9.85. The van der Waals surface area contributed by atoms with Crippen LogP contribution in [0.25, 0.3) is 10.8 Å². The van der Waals surface area contributed by atoms with Crippen molar-refractivity contribution in [1.29, 1.82) is 0 Å². The van der Waals surface area contributed by atoms with Crippen molar-refractivity contribution < 1.29 is 91.1 Å². The number of carbonyl (C=O) groups is 12. The van der Waals surface area contributed by atoms with Gasteiger partial charge in [-0.1, -0.05) is 144 Å². The lowest BCUT2D eigenvalue weighted by Crippen LogP contribution is -2.62. The van der Waals surface area contributed by atoms with Gasteiger partial charge >= 0.3 is 30.1 Å². The molecule has 35 heteroatoms. The van der Waals surface area contributed by atoms with E-state index in [4.69, 9.17) is 34.2 Å². The zero-order valence-electron chi connectivity index (χ0n) is 75.9. The molecule has 35 nitrogen and oxygen atoms in total. The molecule has 0 radical (unpaired) electrons. The van der Waals surface area contributed by atoms with Gasteiger partial charge in [-0.2, -0.15) is 0 Å². The molecule has 2 fully saturated rings. The van der Waals surface area contributed by atoms with Crippen LogP contribution < -0.4 is 32.3 Å². The number of fused-ring (bicyclic) bond motifs is 1. The van der Waals surface area contributed by atoms with Crippen molar-refractivity contribution >= 4 is 82.2 Å². The number of aromatic nitrogens is 6. The summed E-state index contributed by atoms with van der Waals surface area (Å²) in [6.45, 7) is 36.5. The molecule has 8 N–H and O–H groups in total. The molecule has 1 aliphatic carbocycles.